The predicted molar refractivity (Wildman–Crippen MR) is 105 cm³/mol. The fourth-order valence-corrected chi connectivity index (χ4v) is 3.65. The first kappa shape index (κ1) is 17.9. The minimum atomic E-state index is -1.15. The molecule has 132 valence electrons. The van der Waals surface area contributed by atoms with Gasteiger partial charge in [-0.1, -0.05) is 54.6 Å². The van der Waals surface area contributed by atoms with E-state index in [0.29, 0.717) is 12.2 Å². The molecule has 0 atom stereocenters. The number of aryl methyl sites for hydroxylation is 1. The Morgan fingerprint density at radius 3 is 2.35 bits per heavy atom. The smallest absolute Gasteiger partial charge is 0.339 e. The number of para-hydroxylation sites is 1. The summed E-state index contributed by atoms with van der Waals surface area (Å²) in [6, 6.07) is 22.6. The van der Waals surface area contributed by atoms with Crippen LogP contribution in [0.3, 0.4) is 0 Å². The summed E-state index contributed by atoms with van der Waals surface area (Å²) in [6.07, 6.45) is 0. The van der Waals surface area contributed by atoms with Crippen LogP contribution in [-0.2, 0) is 6.54 Å². The van der Waals surface area contributed by atoms with Crippen LogP contribution in [-0.4, -0.2) is 16.2 Å². The van der Waals surface area contributed by atoms with Crippen molar-refractivity contribution >= 4 is 23.6 Å². The molecule has 0 amide bonds. The number of nitrogens with zero attached hydrogens (tertiary/aromatic N) is 1. The second kappa shape index (κ2) is 7.97. The fourth-order valence-electron chi connectivity index (χ4n) is 2.60. The van der Waals surface area contributed by atoms with E-state index < -0.39 is 5.97 Å². The maximum absolute atomic E-state index is 11.4. The highest BCUT2D eigenvalue weighted by molar-refractivity contribution is 8.00. The third-order valence-electron chi connectivity index (χ3n) is 3.98. The van der Waals surface area contributed by atoms with Crippen molar-refractivity contribution in [2.45, 2.75) is 18.4 Å². The largest absolute Gasteiger partial charge is 0.505 e. The Kier molecular flexibility index (Phi) is 5.49. The Hall–Kier alpha value is -2.92. The van der Waals surface area contributed by atoms with E-state index in [0.717, 1.165) is 16.0 Å². The van der Waals surface area contributed by atoms with Gasteiger partial charge in [0.25, 0.3) is 0 Å². The van der Waals surface area contributed by atoms with Gasteiger partial charge in [0.05, 0.1) is 12.2 Å². The average Bonchev–Trinajstić information content (AvgIpc) is 2.64. The molecule has 0 heterocycles. The van der Waals surface area contributed by atoms with Crippen molar-refractivity contribution in [1.29, 1.82) is 0 Å². The van der Waals surface area contributed by atoms with Gasteiger partial charge in [-0.2, -0.15) is 0 Å². The number of aromatic carboxylic acids is 1. The van der Waals surface area contributed by atoms with E-state index in [9.17, 15) is 15.0 Å². The molecule has 3 aromatic rings. The van der Waals surface area contributed by atoms with Crippen molar-refractivity contribution in [3.63, 3.8) is 0 Å². The predicted octanol–water partition coefficient (Wildman–Crippen LogP) is 5.11. The molecule has 0 aromatic heterocycles. The molecule has 5 heteroatoms. The number of phenols is 1. The summed E-state index contributed by atoms with van der Waals surface area (Å²) >= 11 is 1.48. The van der Waals surface area contributed by atoms with Gasteiger partial charge >= 0.3 is 5.97 Å². The Labute approximate surface area is 156 Å². The number of hydrogen-bond donors (Lipinski definition) is 2. The van der Waals surface area contributed by atoms with Gasteiger partial charge in [0.2, 0.25) is 0 Å². The SMILES string of the molecule is Cc1ccccc1SN(Cc1ccccc1)c1cccc(C(=O)O)c1O. The highest BCUT2D eigenvalue weighted by atomic mass is 32.2. The molecule has 0 saturated carbocycles. The van der Waals surface area contributed by atoms with Crippen LogP contribution in [0.4, 0.5) is 5.69 Å². The van der Waals surface area contributed by atoms with Gasteiger partial charge in [-0.15, -0.1) is 0 Å². The van der Waals surface area contributed by atoms with Crippen LogP contribution in [0.1, 0.15) is 21.5 Å². The minimum absolute atomic E-state index is 0.106. The van der Waals surface area contributed by atoms with E-state index in [2.05, 4.69) is 0 Å². The normalized spacial score (nSPS) is 10.5. The van der Waals surface area contributed by atoms with E-state index in [4.69, 9.17) is 0 Å². The topological polar surface area (TPSA) is 60.8 Å². The Balaban J connectivity index is 2.02. The van der Waals surface area contributed by atoms with Crippen LogP contribution in [0.5, 0.6) is 5.75 Å². The molecule has 0 aliphatic heterocycles. The van der Waals surface area contributed by atoms with Crippen molar-refractivity contribution in [1.82, 2.24) is 0 Å². The lowest BCUT2D eigenvalue weighted by Crippen LogP contribution is -2.15. The monoisotopic (exact) mass is 365 g/mol. The molecule has 0 bridgehead atoms. The summed E-state index contributed by atoms with van der Waals surface area (Å²) in [6.45, 7) is 2.55. The zero-order valence-corrected chi connectivity index (χ0v) is 15.1. The quantitative estimate of drug-likeness (QED) is 0.594. The standard InChI is InChI=1S/C21H19NO3S/c1-15-8-5-6-13-19(15)26-22(14-16-9-3-2-4-10-16)18-12-7-11-17(20(18)23)21(24)25/h2-13,23H,14H2,1H3,(H,24,25). The van der Waals surface area contributed by atoms with Crippen molar-refractivity contribution in [2.75, 3.05) is 4.31 Å². The Morgan fingerprint density at radius 1 is 0.962 bits per heavy atom. The molecule has 0 spiro atoms. The van der Waals surface area contributed by atoms with Gasteiger partial charge in [-0.25, -0.2) is 4.79 Å². The summed E-state index contributed by atoms with van der Waals surface area (Å²) in [5, 5.41) is 19.8. The van der Waals surface area contributed by atoms with E-state index in [1.807, 2.05) is 65.8 Å². The lowest BCUT2D eigenvalue weighted by atomic mass is 10.1. The molecule has 0 saturated heterocycles. The van der Waals surface area contributed by atoms with Gasteiger partial charge in [0.1, 0.15) is 5.56 Å². The van der Waals surface area contributed by atoms with Crippen LogP contribution in [0, 0.1) is 6.92 Å². The molecule has 2 N–H and O–H groups in total. The summed E-state index contributed by atoms with van der Waals surface area (Å²) in [7, 11) is 0. The molecule has 4 nitrogen and oxygen atoms in total. The highest BCUT2D eigenvalue weighted by Crippen LogP contribution is 2.39. The molecular formula is C21H19NO3S. The molecule has 26 heavy (non-hydrogen) atoms. The van der Waals surface area contributed by atoms with Crippen molar-refractivity contribution in [3.8, 4) is 5.75 Å². The van der Waals surface area contributed by atoms with Gasteiger partial charge in [0, 0.05) is 4.90 Å². The van der Waals surface area contributed by atoms with E-state index >= 15 is 0 Å². The first-order valence-electron chi connectivity index (χ1n) is 8.16. The summed E-state index contributed by atoms with van der Waals surface area (Å²) in [5.41, 5.74) is 2.55. The number of rotatable bonds is 6. The number of benzene rings is 3. The number of carbonyl (C=O) groups is 1. The van der Waals surface area contributed by atoms with E-state index in [1.54, 1.807) is 12.1 Å². The molecule has 0 aliphatic rings. The van der Waals surface area contributed by atoms with Crippen molar-refractivity contribution < 1.29 is 15.0 Å². The number of aromatic hydroxyl groups is 1. The van der Waals surface area contributed by atoms with Crippen molar-refractivity contribution in [2.24, 2.45) is 0 Å². The number of carboxylic acid groups (broad SMARTS) is 1. The van der Waals surface area contributed by atoms with Crippen LogP contribution >= 0.6 is 11.9 Å². The second-order valence-electron chi connectivity index (χ2n) is 5.86. The summed E-state index contributed by atoms with van der Waals surface area (Å²) in [4.78, 5) is 12.4. The fraction of sp³-hybridized carbons (Fsp3) is 0.0952. The third-order valence-corrected chi connectivity index (χ3v) is 5.19. The van der Waals surface area contributed by atoms with Gasteiger partial charge in [-0.05, 0) is 48.2 Å². The molecule has 3 aromatic carbocycles. The molecule has 0 unspecified atom stereocenters. The number of carboxylic acids is 1. The lowest BCUT2D eigenvalue weighted by molar-refractivity contribution is 0.0694. The maximum Gasteiger partial charge on any atom is 0.339 e. The zero-order valence-electron chi connectivity index (χ0n) is 14.3. The van der Waals surface area contributed by atoms with Crippen LogP contribution in [0.2, 0.25) is 0 Å². The minimum Gasteiger partial charge on any atom is -0.505 e. The van der Waals surface area contributed by atoms with E-state index in [-0.39, 0.29) is 11.3 Å². The molecule has 3 rings (SSSR count). The maximum atomic E-state index is 11.4. The second-order valence-corrected chi connectivity index (χ2v) is 6.92. The Morgan fingerprint density at radius 2 is 1.65 bits per heavy atom. The van der Waals surface area contributed by atoms with Crippen molar-refractivity contribution in [3.05, 3.63) is 89.5 Å². The summed E-state index contributed by atoms with van der Waals surface area (Å²) < 4.78 is 1.92. The molecule has 0 fully saturated rings. The Bertz CT molecular complexity index is 912. The molecule has 0 aliphatic carbocycles. The molecular weight excluding hydrogens is 346 g/mol. The van der Waals surface area contributed by atoms with Crippen LogP contribution in [0.25, 0.3) is 0 Å². The lowest BCUT2D eigenvalue weighted by Gasteiger charge is -2.25. The summed E-state index contributed by atoms with van der Waals surface area (Å²) in [5.74, 6) is -1.37. The average molecular weight is 365 g/mol. The first-order chi connectivity index (χ1) is 12.6. The van der Waals surface area contributed by atoms with Gasteiger partial charge < -0.3 is 14.5 Å². The number of hydrogen-bond acceptors (Lipinski definition) is 4. The highest BCUT2D eigenvalue weighted by Gasteiger charge is 2.19. The van der Waals surface area contributed by atoms with Gasteiger partial charge in [-0.3, -0.25) is 0 Å². The molecule has 0 radical (unpaired) electrons. The van der Waals surface area contributed by atoms with Gasteiger partial charge in [0.15, 0.2) is 5.75 Å². The zero-order chi connectivity index (χ0) is 18.5. The van der Waals surface area contributed by atoms with Crippen LogP contribution < -0.4 is 4.31 Å². The number of anilines is 1. The van der Waals surface area contributed by atoms with Crippen LogP contribution in [0.15, 0.2) is 77.7 Å². The third kappa shape index (κ3) is 4.00. The first-order valence-corrected chi connectivity index (χ1v) is 8.94. The van der Waals surface area contributed by atoms with E-state index in [1.165, 1.54) is 18.0 Å².